The summed E-state index contributed by atoms with van der Waals surface area (Å²) in [5.74, 6) is -0.411. The van der Waals surface area contributed by atoms with Gasteiger partial charge < -0.3 is 5.73 Å². The van der Waals surface area contributed by atoms with Gasteiger partial charge in [-0.2, -0.15) is 0 Å². The van der Waals surface area contributed by atoms with E-state index in [4.69, 9.17) is 17.3 Å². The number of benzene rings is 1. The molecule has 1 aromatic heterocycles. The summed E-state index contributed by atoms with van der Waals surface area (Å²) in [7, 11) is 0. The molecule has 0 aliphatic heterocycles. The van der Waals surface area contributed by atoms with Crippen LogP contribution in [-0.4, -0.2) is 5.91 Å². The van der Waals surface area contributed by atoms with E-state index in [0.29, 0.717) is 11.6 Å². The third-order valence-corrected chi connectivity index (χ3v) is 4.24. The lowest BCUT2D eigenvalue weighted by atomic mass is 9.91. The van der Waals surface area contributed by atoms with Crippen molar-refractivity contribution in [2.45, 2.75) is 19.0 Å². The fourth-order valence-corrected chi connectivity index (χ4v) is 2.56. The van der Waals surface area contributed by atoms with Crippen LogP contribution in [-0.2, 0) is 16.9 Å². The molecule has 2 rings (SSSR count). The van der Waals surface area contributed by atoms with Gasteiger partial charge in [0.25, 0.3) is 0 Å². The summed E-state index contributed by atoms with van der Waals surface area (Å²) in [5.41, 5.74) is 5.45. The van der Waals surface area contributed by atoms with Crippen molar-refractivity contribution in [1.29, 1.82) is 0 Å². The fraction of sp³-hybridized carbons (Fsp3) is 0.214. The monoisotopic (exact) mass is 294 g/mol. The molecule has 0 saturated carbocycles. The zero-order valence-electron chi connectivity index (χ0n) is 10.5. The Hall–Kier alpha value is -1.36. The SMILES string of the molecule is CC(NCc1cccs1)(C(N)=O)c1ccc(Cl)cc1. The van der Waals surface area contributed by atoms with Gasteiger partial charge in [0.15, 0.2) is 0 Å². The number of nitrogens with one attached hydrogen (secondary N) is 1. The number of carbonyl (C=O) groups excluding carboxylic acids is 1. The van der Waals surface area contributed by atoms with Gasteiger partial charge in [-0.3, -0.25) is 10.1 Å². The minimum Gasteiger partial charge on any atom is -0.368 e. The number of thiophene rings is 1. The number of carbonyl (C=O) groups is 1. The fourth-order valence-electron chi connectivity index (χ4n) is 1.79. The van der Waals surface area contributed by atoms with E-state index < -0.39 is 11.4 Å². The first-order valence-corrected chi connectivity index (χ1v) is 7.11. The maximum atomic E-state index is 11.8. The molecule has 0 aliphatic rings. The lowest BCUT2D eigenvalue weighted by Crippen LogP contribution is -2.49. The Balaban J connectivity index is 2.22. The molecule has 1 unspecified atom stereocenters. The number of halogens is 1. The van der Waals surface area contributed by atoms with Gasteiger partial charge in [-0.15, -0.1) is 11.3 Å². The third-order valence-electron chi connectivity index (χ3n) is 3.11. The maximum absolute atomic E-state index is 11.8. The molecule has 0 bridgehead atoms. The zero-order chi connectivity index (χ0) is 13.9. The summed E-state index contributed by atoms with van der Waals surface area (Å²) >= 11 is 7.50. The number of amides is 1. The molecule has 1 atom stereocenters. The Labute approximate surface area is 121 Å². The normalized spacial score (nSPS) is 14.0. The Morgan fingerprint density at radius 1 is 1.37 bits per heavy atom. The number of hydrogen-bond acceptors (Lipinski definition) is 3. The van der Waals surface area contributed by atoms with Crippen LogP contribution >= 0.6 is 22.9 Å². The molecule has 1 amide bonds. The minimum atomic E-state index is -0.908. The van der Waals surface area contributed by atoms with Crippen molar-refractivity contribution in [1.82, 2.24) is 5.32 Å². The van der Waals surface area contributed by atoms with E-state index in [1.54, 1.807) is 30.4 Å². The molecule has 0 fully saturated rings. The topological polar surface area (TPSA) is 55.1 Å². The van der Waals surface area contributed by atoms with Gasteiger partial charge in [0.05, 0.1) is 0 Å². The summed E-state index contributed by atoms with van der Waals surface area (Å²) in [4.78, 5) is 13.0. The van der Waals surface area contributed by atoms with E-state index in [1.807, 2.05) is 29.6 Å². The first kappa shape index (κ1) is 14.1. The molecule has 0 saturated heterocycles. The van der Waals surface area contributed by atoms with Crippen molar-refractivity contribution < 1.29 is 4.79 Å². The van der Waals surface area contributed by atoms with Gasteiger partial charge in [-0.1, -0.05) is 29.8 Å². The Bertz CT molecular complexity index is 553. The van der Waals surface area contributed by atoms with Gasteiger partial charge in [0, 0.05) is 16.4 Å². The van der Waals surface area contributed by atoms with Crippen molar-refractivity contribution in [3.05, 3.63) is 57.2 Å². The molecule has 100 valence electrons. The highest BCUT2D eigenvalue weighted by molar-refractivity contribution is 7.09. The highest BCUT2D eigenvalue weighted by Crippen LogP contribution is 2.23. The summed E-state index contributed by atoms with van der Waals surface area (Å²) in [6.45, 7) is 2.38. The molecular weight excluding hydrogens is 280 g/mol. The molecule has 0 spiro atoms. The summed E-state index contributed by atoms with van der Waals surface area (Å²) in [6, 6.07) is 11.1. The number of hydrogen-bond donors (Lipinski definition) is 2. The van der Waals surface area contributed by atoms with E-state index in [-0.39, 0.29) is 0 Å². The van der Waals surface area contributed by atoms with Crippen LogP contribution in [0.5, 0.6) is 0 Å². The van der Waals surface area contributed by atoms with Crippen LogP contribution in [0.1, 0.15) is 17.4 Å². The van der Waals surface area contributed by atoms with Gasteiger partial charge in [-0.25, -0.2) is 0 Å². The summed E-state index contributed by atoms with van der Waals surface area (Å²) in [5, 5.41) is 5.86. The lowest BCUT2D eigenvalue weighted by molar-refractivity contribution is -0.124. The van der Waals surface area contributed by atoms with E-state index in [1.165, 1.54) is 0 Å². The number of rotatable bonds is 5. The molecule has 2 aromatic rings. The van der Waals surface area contributed by atoms with Crippen LogP contribution in [0.4, 0.5) is 0 Å². The Kier molecular flexibility index (Phi) is 4.24. The standard InChI is InChI=1S/C14H15ClN2OS/c1-14(13(16)18,10-4-6-11(15)7-5-10)17-9-12-3-2-8-19-12/h2-8,17H,9H2,1H3,(H2,16,18). The van der Waals surface area contributed by atoms with Crippen molar-refractivity contribution in [3.8, 4) is 0 Å². The Morgan fingerprint density at radius 3 is 2.58 bits per heavy atom. The van der Waals surface area contributed by atoms with Crippen LogP contribution in [0.2, 0.25) is 5.02 Å². The molecule has 1 aromatic carbocycles. The van der Waals surface area contributed by atoms with Crippen molar-refractivity contribution >= 4 is 28.8 Å². The van der Waals surface area contributed by atoms with E-state index >= 15 is 0 Å². The van der Waals surface area contributed by atoms with Crippen molar-refractivity contribution in [2.24, 2.45) is 5.73 Å². The van der Waals surface area contributed by atoms with Crippen molar-refractivity contribution in [3.63, 3.8) is 0 Å². The van der Waals surface area contributed by atoms with Crippen LogP contribution in [0.3, 0.4) is 0 Å². The molecule has 3 nitrogen and oxygen atoms in total. The second-order valence-corrected chi connectivity index (χ2v) is 5.90. The second kappa shape index (κ2) is 5.74. The molecular formula is C14H15ClN2OS. The lowest BCUT2D eigenvalue weighted by Gasteiger charge is -2.28. The molecule has 5 heteroatoms. The molecule has 1 heterocycles. The summed E-state index contributed by atoms with van der Waals surface area (Å²) in [6.07, 6.45) is 0. The van der Waals surface area contributed by atoms with E-state index in [0.717, 1.165) is 10.4 Å². The third kappa shape index (κ3) is 3.15. The van der Waals surface area contributed by atoms with Crippen LogP contribution in [0.25, 0.3) is 0 Å². The van der Waals surface area contributed by atoms with Gasteiger partial charge >= 0.3 is 0 Å². The molecule has 3 N–H and O–H groups in total. The highest BCUT2D eigenvalue weighted by atomic mass is 35.5. The maximum Gasteiger partial charge on any atom is 0.242 e. The van der Waals surface area contributed by atoms with Crippen LogP contribution in [0.15, 0.2) is 41.8 Å². The zero-order valence-corrected chi connectivity index (χ0v) is 12.1. The molecule has 0 aliphatic carbocycles. The van der Waals surface area contributed by atoms with Gasteiger partial charge in [-0.05, 0) is 36.1 Å². The number of primary amides is 1. The average molecular weight is 295 g/mol. The molecule has 0 radical (unpaired) electrons. The largest absolute Gasteiger partial charge is 0.368 e. The first-order valence-electron chi connectivity index (χ1n) is 5.86. The van der Waals surface area contributed by atoms with Crippen molar-refractivity contribution in [2.75, 3.05) is 0 Å². The van der Waals surface area contributed by atoms with E-state index in [2.05, 4.69) is 5.32 Å². The van der Waals surface area contributed by atoms with Crippen LogP contribution in [0, 0.1) is 0 Å². The number of nitrogens with two attached hydrogens (primary N) is 1. The molecule has 19 heavy (non-hydrogen) atoms. The predicted molar refractivity (Wildman–Crippen MR) is 79.2 cm³/mol. The van der Waals surface area contributed by atoms with Gasteiger partial charge in [0.1, 0.15) is 5.54 Å². The minimum absolute atomic E-state index is 0.411. The smallest absolute Gasteiger partial charge is 0.242 e. The van der Waals surface area contributed by atoms with Crippen LogP contribution < -0.4 is 11.1 Å². The Morgan fingerprint density at radius 2 is 2.05 bits per heavy atom. The predicted octanol–water partition coefficient (Wildman–Crippen LogP) is 2.89. The van der Waals surface area contributed by atoms with E-state index in [9.17, 15) is 4.79 Å². The highest BCUT2D eigenvalue weighted by Gasteiger charge is 2.32. The summed E-state index contributed by atoms with van der Waals surface area (Å²) < 4.78 is 0. The first-order chi connectivity index (χ1) is 9.02. The van der Waals surface area contributed by atoms with Gasteiger partial charge in [0.2, 0.25) is 5.91 Å². The quantitative estimate of drug-likeness (QED) is 0.891. The average Bonchev–Trinajstić information content (AvgIpc) is 2.89. The second-order valence-electron chi connectivity index (χ2n) is 4.43.